The second kappa shape index (κ2) is 29.5. The van der Waals surface area contributed by atoms with Crippen LogP contribution in [-0.4, -0.2) is 52.7 Å². The lowest BCUT2D eigenvalue weighted by molar-refractivity contribution is 1.07. The molecule has 0 fully saturated rings. The molecule has 8 aromatic heterocycles. The summed E-state index contributed by atoms with van der Waals surface area (Å²) in [6.07, 6.45) is 0. The zero-order valence-electron chi connectivity index (χ0n) is 67.8. The molecular formula is C114H71N11S. The number of aromatic nitrogens is 11. The Morgan fingerprint density at radius 1 is 0.135 bits per heavy atom. The molecule has 11 nitrogen and oxygen atoms in total. The first-order valence-electron chi connectivity index (χ1n) is 42.5. The molecule has 0 aliphatic rings. The topological polar surface area (TPSA) is 102 Å². The van der Waals surface area contributed by atoms with Gasteiger partial charge in [-0.15, -0.1) is 11.3 Å². The minimum absolute atomic E-state index is 0.641. The Bertz CT molecular complexity index is 8610. The minimum atomic E-state index is 0.641. The molecule has 0 aliphatic carbocycles. The lowest BCUT2D eigenvalue weighted by Crippen LogP contribution is -2.00. The third-order valence-corrected chi connectivity index (χ3v) is 26.0. The Labute approximate surface area is 726 Å². The van der Waals surface area contributed by atoms with Crippen molar-refractivity contribution in [2.75, 3.05) is 0 Å². The number of benzene rings is 18. The van der Waals surface area contributed by atoms with Crippen molar-refractivity contribution in [3.05, 3.63) is 431 Å². The summed E-state index contributed by atoms with van der Waals surface area (Å²) in [5.41, 5.74) is 25.5. The molecule has 0 saturated carbocycles. The molecule has 0 saturated heterocycles. The van der Waals surface area contributed by atoms with E-state index in [4.69, 9.17) is 29.9 Å². The van der Waals surface area contributed by atoms with Gasteiger partial charge in [-0.3, -0.25) is 0 Å². The minimum Gasteiger partial charge on any atom is -0.309 e. The van der Waals surface area contributed by atoms with Gasteiger partial charge in [0.15, 0.2) is 34.9 Å². The SMILES string of the molecule is c1ccc(-c2nc(-c3ccccc3)nc(-c3ccc(-n4c5ccccc5c5cc(-n6c7ccccc7c7ccccc76)ccc54)cc3)n2)cc1.c1ccc(-c2nc(-c3ccccc3)nc(-c3ccc4sc5ccc(-n6c7ccccc7c7cc(-c8ccc9c(c8)c8cc(-n%10c%11ccccc%11c%11ccccc%11%10)ccc8n9-c8ccccc8)ccc76)cc5c4c3)n2)cc1. The Morgan fingerprint density at radius 2 is 0.341 bits per heavy atom. The van der Waals surface area contributed by atoms with Gasteiger partial charge >= 0.3 is 0 Å². The summed E-state index contributed by atoms with van der Waals surface area (Å²) in [5, 5.41) is 14.7. The second-order valence-corrected chi connectivity index (χ2v) is 33.2. The van der Waals surface area contributed by atoms with Gasteiger partial charge in [0, 0.05) is 136 Å². The Kier molecular flexibility index (Phi) is 16.9. The van der Waals surface area contributed by atoms with Crippen molar-refractivity contribution in [1.82, 2.24) is 52.7 Å². The summed E-state index contributed by atoms with van der Waals surface area (Å²) >= 11 is 1.82. The monoisotopic (exact) mass is 1630 g/mol. The standard InChI is InChI=1S/C69H42N6S.C45H29N5/c1-4-16-43(17-5-1)67-70-68(44-18-6-2-7-19-44)72-69(71-67)47-30-36-65-57(40-47)58-42-50(32-37-66(58)76-65)75-61-27-15-12-24-53(61)54-38-45(28-33-62(54)75)46-29-34-63-55(39-46)56-41-49(31-35-64(56)73(63)48-20-8-3-9-21-48)74-59-25-13-10-22-51(59)52-23-11-14-26-60(52)74;1-3-13-30(14-4-1)43-46-44(31-15-5-2-6-16-31)48-45(47-43)32-23-25-33(26-24-32)49-41-22-12-9-19-37(41)38-29-34(27-28-42(38)49)50-39-20-10-7-17-35(39)36-18-8-11-21-40(36)50/h1-42H;1-29H. The van der Waals surface area contributed by atoms with E-state index in [0.29, 0.717) is 34.9 Å². The number of thiophene rings is 1. The first kappa shape index (κ1) is 72.1. The lowest BCUT2D eigenvalue weighted by Gasteiger charge is -2.11. The first-order chi connectivity index (χ1) is 62.5. The average molecular weight is 1630 g/mol. The molecule has 588 valence electrons. The van der Waals surface area contributed by atoms with Gasteiger partial charge in [0.2, 0.25) is 0 Å². The Morgan fingerprint density at radius 3 is 0.714 bits per heavy atom. The smallest absolute Gasteiger partial charge is 0.164 e. The summed E-state index contributed by atoms with van der Waals surface area (Å²) in [6, 6.07) is 153. The Hall–Kier alpha value is -16.8. The molecule has 18 aromatic carbocycles. The molecule has 0 radical (unpaired) electrons. The van der Waals surface area contributed by atoms with E-state index in [0.717, 1.165) is 78.4 Å². The fraction of sp³-hybridized carbons (Fsp3) is 0. The summed E-state index contributed by atoms with van der Waals surface area (Å²) in [5.74, 6) is 3.89. The van der Waals surface area contributed by atoms with Gasteiger partial charge in [-0.2, -0.15) is 0 Å². The molecule has 0 N–H and O–H groups in total. The molecular weight excluding hydrogens is 1560 g/mol. The van der Waals surface area contributed by atoms with E-state index in [1.807, 2.05) is 108 Å². The molecule has 126 heavy (non-hydrogen) atoms. The number of nitrogens with zero attached hydrogens (tertiary/aromatic N) is 11. The highest BCUT2D eigenvalue weighted by Gasteiger charge is 2.24. The predicted octanol–water partition coefficient (Wildman–Crippen LogP) is 29.3. The van der Waals surface area contributed by atoms with Crippen molar-refractivity contribution < 1.29 is 0 Å². The molecule has 0 amide bonds. The van der Waals surface area contributed by atoms with Gasteiger partial charge < -0.3 is 22.8 Å². The fourth-order valence-corrected chi connectivity index (χ4v) is 20.1. The van der Waals surface area contributed by atoms with Crippen LogP contribution in [0.3, 0.4) is 0 Å². The van der Waals surface area contributed by atoms with E-state index in [1.54, 1.807) is 0 Å². The fourth-order valence-electron chi connectivity index (χ4n) is 19.1. The van der Waals surface area contributed by atoms with Crippen LogP contribution in [-0.2, 0) is 0 Å². The largest absolute Gasteiger partial charge is 0.309 e. The van der Waals surface area contributed by atoms with E-state index >= 15 is 0 Å². The van der Waals surface area contributed by atoms with Crippen LogP contribution in [0.2, 0.25) is 0 Å². The van der Waals surface area contributed by atoms with Crippen molar-refractivity contribution >= 4 is 141 Å². The zero-order valence-corrected chi connectivity index (χ0v) is 68.6. The summed E-state index contributed by atoms with van der Waals surface area (Å²) in [7, 11) is 0. The van der Waals surface area contributed by atoms with Crippen LogP contribution in [0.4, 0.5) is 0 Å². The van der Waals surface area contributed by atoms with Crippen LogP contribution in [0.1, 0.15) is 0 Å². The van der Waals surface area contributed by atoms with Crippen LogP contribution >= 0.6 is 11.3 Å². The van der Waals surface area contributed by atoms with Gasteiger partial charge in [-0.25, -0.2) is 29.9 Å². The molecule has 12 heteroatoms. The number of hydrogen-bond donors (Lipinski definition) is 0. The van der Waals surface area contributed by atoms with Crippen LogP contribution in [0.5, 0.6) is 0 Å². The van der Waals surface area contributed by atoms with Gasteiger partial charge in [0.25, 0.3) is 0 Å². The van der Waals surface area contributed by atoms with Crippen LogP contribution in [0.15, 0.2) is 431 Å². The van der Waals surface area contributed by atoms with Crippen LogP contribution in [0, 0.1) is 0 Å². The average Bonchev–Trinajstić information content (AvgIpc) is 1.58. The van der Waals surface area contributed by atoms with E-state index in [9.17, 15) is 0 Å². The maximum atomic E-state index is 5.07. The predicted molar refractivity (Wildman–Crippen MR) is 522 cm³/mol. The molecule has 26 aromatic rings. The maximum Gasteiger partial charge on any atom is 0.164 e. The number of para-hydroxylation sites is 7. The maximum absolute atomic E-state index is 5.07. The summed E-state index contributed by atoms with van der Waals surface area (Å²) in [4.78, 5) is 29.8. The van der Waals surface area contributed by atoms with Gasteiger partial charge in [-0.1, -0.05) is 261 Å². The zero-order chi connectivity index (χ0) is 82.9. The Balaban J connectivity index is 0.000000150. The molecule has 0 unspecified atom stereocenters. The molecule has 26 rings (SSSR count). The van der Waals surface area contributed by atoms with Crippen molar-refractivity contribution in [3.63, 3.8) is 0 Å². The van der Waals surface area contributed by atoms with Gasteiger partial charge in [-0.05, 0) is 181 Å². The third-order valence-electron chi connectivity index (χ3n) is 24.9. The number of rotatable bonds is 12. The lowest BCUT2D eigenvalue weighted by atomic mass is 10.0. The summed E-state index contributed by atoms with van der Waals surface area (Å²) in [6.45, 7) is 0. The third kappa shape index (κ3) is 12.0. The van der Waals surface area contributed by atoms with E-state index in [-0.39, 0.29) is 0 Å². The van der Waals surface area contributed by atoms with Gasteiger partial charge in [0.05, 0.1) is 55.2 Å². The van der Waals surface area contributed by atoms with E-state index < -0.39 is 0 Å². The summed E-state index contributed by atoms with van der Waals surface area (Å²) < 4.78 is 14.4. The molecule has 0 bridgehead atoms. The normalized spacial score (nSPS) is 11.8. The van der Waals surface area contributed by atoms with Crippen molar-refractivity contribution in [3.8, 4) is 108 Å². The van der Waals surface area contributed by atoms with Crippen LogP contribution in [0.25, 0.3) is 237 Å². The molecule has 0 atom stereocenters. The first-order valence-corrected chi connectivity index (χ1v) is 43.3. The molecule has 0 spiro atoms. The number of hydrogen-bond acceptors (Lipinski definition) is 7. The molecule has 8 heterocycles. The quantitative estimate of drug-likeness (QED) is 0.121. The highest BCUT2D eigenvalue weighted by molar-refractivity contribution is 7.25. The van der Waals surface area contributed by atoms with Crippen molar-refractivity contribution in [2.24, 2.45) is 0 Å². The highest BCUT2D eigenvalue weighted by Crippen LogP contribution is 2.45. The van der Waals surface area contributed by atoms with E-state index in [1.165, 1.54) is 124 Å². The van der Waals surface area contributed by atoms with Crippen LogP contribution < -0.4 is 0 Å². The number of fused-ring (bicyclic) bond motifs is 18. The van der Waals surface area contributed by atoms with Gasteiger partial charge in [0.1, 0.15) is 0 Å². The van der Waals surface area contributed by atoms with Crippen molar-refractivity contribution in [1.29, 1.82) is 0 Å². The highest BCUT2D eigenvalue weighted by atomic mass is 32.1. The second-order valence-electron chi connectivity index (χ2n) is 32.1. The van der Waals surface area contributed by atoms with E-state index in [2.05, 4.69) is 356 Å². The molecule has 0 aliphatic heterocycles. The van der Waals surface area contributed by atoms with Crippen molar-refractivity contribution in [2.45, 2.75) is 0 Å².